The van der Waals surface area contributed by atoms with E-state index in [9.17, 15) is 22.5 Å². The Hall–Kier alpha value is -2.73. The highest BCUT2D eigenvalue weighted by atomic mass is 32.2. The maximum Gasteiger partial charge on any atom is 0.291 e. The fraction of sp³-hybridized carbons (Fsp3) is 0.474. The highest BCUT2D eigenvalue weighted by Crippen LogP contribution is 2.38. The Bertz CT molecular complexity index is 1360. The van der Waals surface area contributed by atoms with Crippen LogP contribution in [0.15, 0.2) is 23.4 Å². The number of nitrogens with one attached hydrogen (secondary N) is 2. The van der Waals surface area contributed by atoms with E-state index in [4.69, 9.17) is 0 Å². The lowest BCUT2D eigenvalue weighted by Crippen LogP contribution is -2.49. The minimum atomic E-state index is -4.03. The summed E-state index contributed by atoms with van der Waals surface area (Å²) in [6.45, 7) is 4.01. The Balaban J connectivity index is 1.66. The number of sulfonamides is 1. The lowest BCUT2D eigenvalue weighted by molar-refractivity contribution is 0.150. The van der Waals surface area contributed by atoms with Crippen molar-refractivity contribution in [3.8, 4) is 11.2 Å². The number of alkyl halides is 2. The highest BCUT2D eigenvalue weighted by Gasteiger charge is 2.47. The summed E-state index contributed by atoms with van der Waals surface area (Å²) in [5.74, 6) is 0. The number of rotatable bonds is 6. The first kappa shape index (κ1) is 22.1. The molecule has 1 saturated heterocycles. The number of nitriles is 1. The average Bonchev–Trinajstić information content (AvgIpc) is 3.18. The SMILES string of the molecule is C[C@@H]1CN(c2cc(S(=O)(=O)NC3(C#N)CC3)cc3c2ncn3-c2nnc(C(F)F)s2)CCN1. The molecular weight excluding hydrogens is 474 g/mol. The number of fused-ring (bicyclic) bond motifs is 1. The van der Waals surface area contributed by atoms with Crippen molar-refractivity contribution in [2.75, 3.05) is 24.5 Å². The first-order valence-corrected chi connectivity index (χ1v) is 12.6. The van der Waals surface area contributed by atoms with Crippen LogP contribution in [-0.4, -0.2) is 59.4 Å². The second kappa shape index (κ2) is 7.94. The van der Waals surface area contributed by atoms with Crippen LogP contribution < -0.4 is 14.9 Å². The topological polar surface area (TPSA) is 129 Å². The first-order valence-electron chi connectivity index (χ1n) is 10.3. The van der Waals surface area contributed by atoms with Gasteiger partial charge >= 0.3 is 0 Å². The molecule has 1 atom stereocenters. The Kier molecular flexibility index (Phi) is 5.31. The molecule has 5 rings (SSSR count). The fourth-order valence-electron chi connectivity index (χ4n) is 3.86. The molecule has 1 aliphatic heterocycles. The van der Waals surface area contributed by atoms with Crippen LogP contribution in [0.2, 0.25) is 0 Å². The fourth-order valence-corrected chi connectivity index (χ4v) is 5.96. The number of halogens is 2. The molecule has 0 bridgehead atoms. The number of hydrogen-bond donors (Lipinski definition) is 2. The van der Waals surface area contributed by atoms with Gasteiger partial charge in [-0.2, -0.15) is 9.98 Å². The molecule has 0 unspecified atom stereocenters. The third kappa shape index (κ3) is 4.05. The standard InChI is InChI=1S/C19H20F2N8O2S2/c1-11-8-28(5-4-23-11)13-6-12(33(30,31)27-19(9-22)2-3-19)7-14-15(13)24-10-29(14)18-26-25-17(32-18)16(20)21/h6-7,10-11,16,23,27H,2-5,8H2,1H3/t11-/m1/s1. The molecule has 0 spiro atoms. The van der Waals surface area contributed by atoms with Gasteiger partial charge in [-0.1, -0.05) is 11.3 Å². The summed E-state index contributed by atoms with van der Waals surface area (Å²) in [7, 11) is -4.03. The van der Waals surface area contributed by atoms with Crippen LogP contribution in [0, 0.1) is 11.3 Å². The molecule has 1 saturated carbocycles. The van der Waals surface area contributed by atoms with Gasteiger partial charge in [0.25, 0.3) is 6.43 Å². The van der Waals surface area contributed by atoms with Gasteiger partial charge in [-0.25, -0.2) is 22.2 Å². The molecule has 1 aliphatic carbocycles. The Morgan fingerprint density at radius 1 is 1.36 bits per heavy atom. The maximum atomic E-state index is 13.2. The zero-order valence-electron chi connectivity index (χ0n) is 17.5. The van der Waals surface area contributed by atoms with E-state index in [-0.39, 0.29) is 16.1 Å². The van der Waals surface area contributed by atoms with Gasteiger partial charge in [-0.3, -0.25) is 4.57 Å². The monoisotopic (exact) mass is 494 g/mol. The molecule has 0 radical (unpaired) electrons. The number of nitrogens with zero attached hydrogens (tertiary/aromatic N) is 6. The largest absolute Gasteiger partial charge is 0.367 e. The van der Waals surface area contributed by atoms with E-state index in [1.54, 1.807) is 6.07 Å². The van der Waals surface area contributed by atoms with Crippen LogP contribution in [0.3, 0.4) is 0 Å². The lowest BCUT2D eigenvalue weighted by atomic mass is 10.2. The Morgan fingerprint density at radius 2 is 2.15 bits per heavy atom. The molecule has 2 aliphatic rings. The van der Waals surface area contributed by atoms with Gasteiger partial charge < -0.3 is 10.2 Å². The molecule has 3 aromatic rings. The van der Waals surface area contributed by atoms with Crippen LogP contribution in [-0.2, 0) is 10.0 Å². The number of piperazine rings is 1. The van der Waals surface area contributed by atoms with E-state index >= 15 is 0 Å². The molecule has 1 aromatic carbocycles. The molecule has 10 nitrogen and oxygen atoms in total. The number of benzene rings is 1. The van der Waals surface area contributed by atoms with E-state index in [2.05, 4.69) is 25.2 Å². The van der Waals surface area contributed by atoms with Gasteiger partial charge in [0, 0.05) is 25.7 Å². The average molecular weight is 495 g/mol. The van der Waals surface area contributed by atoms with E-state index in [1.807, 2.05) is 17.9 Å². The zero-order chi connectivity index (χ0) is 23.4. The van der Waals surface area contributed by atoms with Crippen molar-refractivity contribution < 1.29 is 17.2 Å². The molecule has 2 aromatic heterocycles. The predicted molar refractivity (Wildman–Crippen MR) is 117 cm³/mol. The number of aromatic nitrogens is 4. The molecule has 3 heterocycles. The normalized spacial score (nSPS) is 20.3. The van der Waals surface area contributed by atoms with Crippen molar-refractivity contribution in [3.05, 3.63) is 23.5 Å². The minimum Gasteiger partial charge on any atom is -0.367 e. The highest BCUT2D eigenvalue weighted by molar-refractivity contribution is 7.89. The number of imidazole rings is 1. The second-order valence-corrected chi connectivity index (χ2v) is 10.9. The van der Waals surface area contributed by atoms with Gasteiger partial charge in [0.05, 0.1) is 22.2 Å². The molecule has 33 heavy (non-hydrogen) atoms. The first-order chi connectivity index (χ1) is 15.7. The van der Waals surface area contributed by atoms with E-state index in [0.717, 1.165) is 0 Å². The van der Waals surface area contributed by atoms with Gasteiger partial charge in [-0.15, -0.1) is 10.2 Å². The van der Waals surface area contributed by atoms with Crippen LogP contribution in [0.25, 0.3) is 16.2 Å². The van der Waals surface area contributed by atoms with Crippen LogP contribution in [0.4, 0.5) is 14.5 Å². The number of anilines is 1. The maximum absolute atomic E-state index is 13.2. The van der Waals surface area contributed by atoms with Gasteiger partial charge in [0.1, 0.15) is 17.4 Å². The molecule has 174 valence electrons. The summed E-state index contributed by atoms with van der Waals surface area (Å²) in [6.07, 6.45) is -0.431. The van der Waals surface area contributed by atoms with Crippen molar-refractivity contribution in [1.29, 1.82) is 5.26 Å². The third-order valence-electron chi connectivity index (χ3n) is 5.74. The minimum absolute atomic E-state index is 0.0296. The summed E-state index contributed by atoms with van der Waals surface area (Å²) < 4.78 is 56.5. The lowest BCUT2D eigenvalue weighted by Gasteiger charge is -2.34. The quantitative estimate of drug-likeness (QED) is 0.532. The van der Waals surface area contributed by atoms with Crippen molar-refractivity contribution >= 4 is 38.1 Å². The van der Waals surface area contributed by atoms with Gasteiger partial charge in [0.15, 0.2) is 5.01 Å². The predicted octanol–water partition coefficient (Wildman–Crippen LogP) is 1.95. The number of hydrogen-bond acceptors (Lipinski definition) is 9. The Morgan fingerprint density at radius 3 is 2.79 bits per heavy atom. The molecular formula is C19H20F2N8O2S2. The van der Waals surface area contributed by atoms with Crippen LogP contribution in [0.1, 0.15) is 31.2 Å². The van der Waals surface area contributed by atoms with Crippen molar-refractivity contribution in [2.24, 2.45) is 0 Å². The summed E-state index contributed by atoms with van der Waals surface area (Å²) in [6, 6.07) is 5.19. The van der Waals surface area contributed by atoms with Crippen molar-refractivity contribution in [3.63, 3.8) is 0 Å². The van der Waals surface area contributed by atoms with Crippen molar-refractivity contribution in [1.82, 2.24) is 29.8 Å². The van der Waals surface area contributed by atoms with Crippen molar-refractivity contribution in [2.45, 2.75) is 42.7 Å². The van der Waals surface area contributed by atoms with E-state index in [1.165, 1.54) is 17.0 Å². The second-order valence-electron chi connectivity index (χ2n) is 8.25. The Labute approximate surface area is 192 Å². The van der Waals surface area contributed by atoms with Gasteiger partial charge in [0.2, 0.25) is 15.2 Å². The summed E-state index contributed by atoms with van der Waals surface area (Å²) in [5, 5.41) is 19.8. The molecule has 2 fully saturated rings. The van der Waals surface area contributed by atoms with Crippen LogP contribution >= 0.6 is 11.3 Å². The molecule has 0 amide bonds. The van der Waals surface area contributed by atoms with E-state index in [0.29, 0.717) is 60.5 Å². The summed E-state index contributed by atoms with van der Waals surface area (Å²) in [4.78, 5) is 6.47. The smallest absolute Gasteiger partial charge is 0.291 e. The van der Waals surface area contributed by atoms with Crippen LogP contribution in [0.5, 0.6) is 0 Å². The van der Waals surface area contributed by atoms with Gasteiger partial charge in [-0.05, 0) is 31.9 Å². The summed E-state index contributed by atoms with van der Waals surface area (Å²) in [5.41, 5.74) is 0.458. The summed E-state index contributed by atoms with van der Waals surface area (Å²) >= 11 is 0.711. The van der Waals surface area contributed by atoms with E-state index < -0.39 is 27.0 Å². The molecule has 2 N–H and O–H groups in total. The molecule has 14 heteroatoms. The zero-order valence-corrected chi connectivity index (χ0v) is 19.1. The third-order valence-corrected chi connectivity index (χ3v) is 8.19.